The number of nitriles is 1. The maximum absolute atomic E-state index is 12.5. The molecule has 0 saturated carbocycles. The third kappa shape index (κ3) is 5.60. The van der Waals surface area contributed by atoms with Crippen molar-refractivity contribution in [2.75, 3.05) is 20.2 Å². The Balaban J connectivity index is 1.70. The molecule has 2 N–H and O–H groups in total. The zero-order chi connectivity index (χ0) is 18.9. The lowest BCUT2D eigenvalue weighted by atomic mass is 9.91. The molecule has 0 aliphatic carbocycles. The molecule has 1 fully saturated rings. The summed E-state index contributed by atoms with van der Waals surface area (Å²) < 4.78 is 6.47. The van der Waals surface area contributed by atoms with Crippen LogP contribution in [0.3, 0.4) is 0 Å². The number of methoxy groups -OCH3 is 1. The SMILES string of the molecule is COC(=O)CCCC1CCN(C(=O)C(N)CCn2cccc2C#N)CC1. The van der Waals surface area contributed by atoms with Crippen molar-refractivity contribution < 1.29 is 14.3 Å². The number of carbonyl (C=O) groups is 2. The summed E-state index contributed by atoms with van der Waals surface area (Å²) in [5.41, 5.74) is 6.66. The van der Waals surface area contributed by atoms with Crippen LogP contribution < -0.4 is 5.73 Å². The number of aryl methyl sites for hydroxylation is 1. The fourth-order valence-corrected chi connectivity index (χ4v) is 3.43. The fraction of sp³-hybridized carbons (Fsp3) is 0.632. The molecule has 1 atom stereocenters. The quantitative estimate of drug-likeness (QED) is 0.711. The molecule has 1 aliphatic rings. The van der Waals surface area contributed by atoms with Crippen molar-refractivity contribution in [3.8, 4) is 6.07 Å². The average Bonchev–Trinajstić information content (AvgIpc) is 3.13. The molecule has 1 unspecified atom stereocenters. The Bertz CT molecular complexity index is 641. The number of likely N-dealkylation sites (tertiary alicyclic amines) is 1. The highest BCUT2D eigenvalue weighted by Gasteiger charge is 2.26. The van der Waals surface area contributed by atoms with Crippen molar-refractivity contribution in [1.82, 2.24) is 9.47 Å². The zero-order valence-corrected chi connectivity index (χ0v) is 15.4. The first kappa shape index (κ1) is 20.0. The third-order valence-electron chi connectivity index (χ3n) is 5.09. The summed E-state index contributed by atoms with van der Waals surface area (Å²) in [5, 5.41) is 9.01. The predicted molar refractivity (Wildman–Crippen MR) is 96.9 cm³/mol. The van der Waals surface area contributed by atoms with E-state index in [1.54, 1.807) is 6.07 Å². The predicted octanol–water partition coefficient (Wildman–Crippen LogP) is 1.66. The Hall–Kier alpha value is -2.33. The smallest absolute Gasteiger partial charge is 0.305 e. The van der Waals surface area contributed by atoms with Crippen molar-refractivity contribution in [2.45, 2.75) is 51.1 Å². The van der Waals surface area contributed by atoms with E-state index in [-0.39, 0.29) is 11.9 Å². The molecule has 1 saturated heterocycles. The van der Waals surface area contributed by atoms with Gasteiger partial charge in [-0.2, -0.15) is 5.26 Å². The van der Waals surface area contributed by atoms with Crippen LogP contribution in [0.4, 0.5) is 0 Å². The Kier molecular flexibility index (Phi) is 7.67. The second-order valence-corrected chi connectivity index (χ2v) is 6.83. The van der Waals surface area contributed by atoms with Gasteiger partial charge >= 0.3 is 5.97 Å². The molecule has 1 aromatic heterocycles. The average molecular weight is 360 g/mol. The summed E-state index contributed by atoms with van der Waals surface area (Å²) in [6, 6.07) is 5.14. The third-order valence-corrected chi connectivity index (χ3v) is 5.09. The van der Waals surface area contributed by atoms with E-state index in [0.717, 1.165) is 38.8 Å². The van der Waals surface area contributed by atoms with Crippen LogP contribution in [0.5, 0.6) is 0 Å². The van der Waals surface area contributed by atoms with Crippen molar-refractivity contribution in [1.29, 1.82) is 5.26 Å². The first-order valence-electron chi connectivity index (χ1n) is 9.21. The minimum Gasteiger partial charge on any atom is -0.469 e. The second-order valence-electron chi connectivity index (χ2n) is 6.83. The summed E-state index contributed by atoms with van der Waals surface area (Å²) in [5.74, 6) is 0.382. The minimum absolute atomic E-state index is 0.0105. The number of nitrogens with zero attached hydrogens (tertiary/aromatic N) is 3. The Labute approximate surface area is 154 Å². The number of rotatable bonds is 8. The van der Waals surface area contributed by atoms with Gasteiger partial charge < -0.3 is 19.9 Å². The maximum Gasteiger partial charge on any atom is 0.305 e. The maximum atomic E-state index is 12.5. The van der Waals surface area contributed by atoms with Gasteiger partial charge in [-0.25, -0.2) is 0 Å². The normalized spacial score (nSPS) is 16.1. The van der Waals surface area contributed by atoms with E-state index < -0.39 is 6.04 Å². The zero-order valence-electron chi connectivity index (χ0n) is 15.4. The lowest BCUT2D eigenvalue weighted by molar-refractivity contribution is -0.140. The molecular weight excluding hydrogens is 332 g/mol. The summed E-state index contributed by atoms with van der Waals surface area (Å²) in [6.45, 7) is 2.01. The molecule has 7 heteroatoms. The number of hydrogen-bond acceptors (Lipinski definition) is 5. The number of piperidine rings is 1. The number of ether oxygens (including phenoxy) is 1. The molecule has 0 spiro atoms. The molecule has 1 aromatic rings. The highest BCUT2D eigenvalue weighted by molar-refractivity contribution is 5.81. The molecule has 0 aromatic carbocycles. The van der Waals surface area contributed by atoms with Crippen molar-refractivity contribution >= 4 is 11.9 Å². The van der Waals surface area contributed by atoms with E-state index in [2.05, 4.69) is 10.8 Å². The van der Waals surface area contributed by atoms with E-state index in [1.165, 1.54) is 7.11 Å². The van der Waals surface area contributed by atoms with Gasteiger partial charge in [0.1, 0.15) is 11.8 Å². The topological polar surface area (TPSA) is 101 Å². The van der Waals surface area contributed by atoms with Crippen LogP contribution in [0.2, 0.25) is 0 Å². The van der Waals surface area contributed by atoms with Gasteiger partial charge in [-0.15, -0.1) is 0 Å². The Morgan fingerprint density at radius 3 is 2.81 bits per heavy atom. The van der Waals surface area contributed by atoms with Gasteiger partial charge in [-0.3, -0.25) is 9.59 Å². The molecule has 2 rings (SSSR count). The standard InChI is InChI=1S/C19H28N4O3/c1-26-18(24)6-2-4-15-7-11-23(12-8-15)19(25)17(21)9-13-22-10-3-5-16(22)14-20/h3,5,10,15,17H,2,4,6-9,11-13,21H2,1H3. The van der Waals surface area contributed by atoms with Crippen LogP contribution in [-0.2, 0) is 20.9 Å². The monoisotopic (exact) mass is 360 g/mol. The fourth-order valence-electron chi connectivity index (χ4n) is 3.43. The van der Waals surface area contributed by atoms with E-state index in [9.17, 15) is 9.59 Å². The highest BCUT2D eigenvalue weighted by atomic mass is 16.5. The lowest BCUT2D eigenvalue weighted by Gasteiger charge is -2.33. The number of amides is 1. The van der Waals surface area contributed by atoms with Crippen molar-refractivity contribution in [2.24, 2.45) is 11.7 Å². The summed E-state index contributed by atoms with van der Waals surface area (Å²) in [4.78, 5) is 25.5. The van der Waals surface area contributed by atoms with Gasteiger partial charge in [0.25, 0.3) is 0 Å². The molecule has 142 valence electrons. The molecular formula is C19H28N4O3. The van der Waals surface area contributed by atoms with Crippen molar-refractivity contribution in [3.05, 3.63) is 24.0 Å². The van der Waals surface area contributed by atoms with Crippen LogP contribution in [0, 0.1) is 17.2 Å². The lowest BCUT2D eigenvalue weighted by Crippen LogP contribution is -2.47. The number of aromatic nitrogens is 1. The van der Waals surface area contributed by atoms with Crippen LogP contribution >= 0.6 is 0 Å². The van der Waals surface area contributed by atoms with Gasteiger partial charge in [0, 0.05) is 32.3 Å². The first-order valence-corrected chi connectivity index (χ1v) is 9.21. The molecule has 7 nitrogen and oxygen atoms in total. The van der Waals surface area contributed by atoms with Crippen molar-refractivity contribution in [3.63, 3.8) is 0 Å². The number of hydrogen-bond donors (Lipinski definition) is 1. The molecule has 0 radical (unpaired) electrons. The van der Waals surface area contributed by atoms with E-state index >= 15 is 0 Å². The Morgan fingerprint density at radius 2 is 2.15 bits per heavy atom. The van der Waals surface area contributed by atoms with Gasteiger partial charge in [0.2, 0.25) is 5.91 Å². The molecule has 1 amide bonds. The summed E-state index contributed by atoms with van der Waals surface area (Å²) in [6.07, 6.45) is 6.55. The summed E-state index contributed by atoms with van der Waals surface area (Å²) >= 11 is 0. The largest absolute Gasteiger partial charge is 0.469 e. The van der Waals surface area contributed by atoms with Gasteiger partial charge in [-0.05, 0) is 50.2 Å². The van der Waals surface area contributed by atoms with E-state index in [1.807, 2.05) is 21.7 Å². The summed E-state index contributed by atoms with van der Waals surface area (Å²) in [7, 11) is 1.41. The molecule has 26 heavy (non-hydrogen) atoms. The van der Waals surface area contributed by atoms with Crippen LogP contribution in [0.1, 0.15) is 44.2 Å². The minimum atomic E-state index is -0.542. The van der Waals surface area contributed by atoms with E-state index in [4.69, 9.17) is 11.0 Å². The number of nitrogens with two attached hydrogens (primary N) is 1. The van der Waals surface area contributed by atoms with E-state index in [0.29, 0.717) is 31.0 Å². The van der Waals surface area contributed by atoms with Gasteiger partial charge in [0.15, 0.2) is 0 Å². The number of esters is 1. The first-order chi connectivity index (χ1) is 12.5. The highest BCUT2D eigenvalue weighted by Crippen LogP contribution is 2.23. The Morgan fingerprint density at radius 1 is 1.42 bits per heavy atom. The van der Waals surface area contributed by atoms with Crippen LogP contribution in [0.25, 0.3) is 0 Å². The number of carbonyl (C=O) groups excluding carboxylic acids is 2. The molecule has 0 bridgehead atoms. The van der Waals surface area contributed by atoms with Gasteiger partial charge in [-0.1, -0.05) is 0 Å². The second kappa shape index (κ2) is 9.97. The molecule has 2 heterocycles. The van der Waals surface area contributed by atoms with Gasteiger partial charge in [0.05, 0.1) is 13.2 Å². The molecule has 1 aliphatic heterocycles. The van der Waals surface area contributed by atoms with Crippen LogP contribution in [-0.4, -0.2) is 47.6 Å². The van der Waals surface area contributed by atoms with Crippen LogP contribution in [0.15, 0.2) is 18.3 Å².